The van der Waals surface area contributed by atoms with E-state index in [-0.39, 0.29) is 23.7 Å². The summed E-state index contributed by atoms with van der Waals surface area (Å²) in [6, 6.07) is 0. The molecule has 1 aliphatic carbocycles. The second-order valence-corrected chi connectivity index (χ2v) is 5.48. The van der Waals surface area contributed by atoms with Crippen LogP contribution in [0, 0.1) is 11.8 Å². The molecule has 5 heteroatoms. The molecule has 2 atom stereocenters. The largest absolute Gasteiger partial charge is 0.393 e. The lowest BCUT2D eigenvalue weighted by atomic mass is 9.97. The van der Waals surface area contributed by atoms with Gasteiger partial charge in [0.05, 0.1) is 4.99 Å². The van der Waals surface area contributed by atoms with Gasteiger partial charge in [-0.25, -0.2) is 0 Å². The fraction of sp³-hybridized carbons (Fsp3) is 0.750. The molecule has 1 saturated carbocycles. The summed E-state index contributed by atoms with van der Waals surface area (Å²) >= 11 is 4.79. The van der Waals surface area contributed by atoms with E-state index in [1.807, 2.05) is 0 Å². The van der Waals surface area contributed by atoms with E-state index in [0.29, 0.717) is 18.0 Å². The molecule has 17 heavy (non-hydrogen) atoms. The molecule has 0 aromatic rings. The maximum Gasteiger partial charge on any atom is 0.232 e. The first-order valence-electron chi connectivity index (χ1n) is 6.23. The lowest BCUT2D eigenvalue weighted by Gasteiger charge is -2.29. The third-order valence-electron chi connectivity index (χ3n) is 3.72. The van der Waals surface area contributed by atoms with E-state index < -0.39 is 0 Å². The van der Waals surface area contributed by atoms with Crippen molar-refractivity contribution < 1.29 is 9.59 Å². The van der Waals surface area contributed by atoms with Crippen LogP contribution in [0.3, 0.4) is 0 Å². The van der Waals surface area contributed by atoms with Crippen LogP contribution in [0.4, 0.5) is 0 Å². The van der Waals surface area contributed by atoms with Gasteiger partial charge in [-0.3, -0.25) is 14.5 Å². The zero-order chi connectivity index (χ0) is 12.4. The Bertz CT molecular complexity index is 334. The number of unbranched alkanes of at least 4 members (excludes halogenated alkanes) is 1. The molecule has 0 spiro atoms. The number of carbonyl (C=O) groups is 2. The van der Waals surface area contributed by atoms with Crippen LogP contribution in [-0.2, 0) is 9.59 Å². The Hall–Kier alpha value is -0.970. The van der Waals surface area contributed by atoms with Gasteiger partial charge < -0.3 is 5.73 Å². The van der Waals surface area contributed by atoms with E-state index in [0.717, 1.165) is 32.1 Å². The van der Waals surface area contributed by atoms with E-state index >= 15 is 0 Å². The Morgan fingerprint density at radius 3 is 2.35 bits per heavy atom. The number of amides is 2. The number of thiocarbonyl (C=S) groups is 1. The van der Waals surface area contributed by atoms with Crippen LogP contribution >= 0.6 is 12.2 Å². The fourth-order valence-corrected chi connectivity index (χ4v) is 2.91. The second-order valence-electron chi connectivity index (χ2n) is 4.96. The standard InChI is InChI=1S/C12H18N2O2S/c13-10(17)3-1-2-6-14-11(15)8-4-5-9(7-8)12(14)16/h8-9H,1-7H2,(H2,13,17). The van der Waals surface area contributed by atoms with Crippen molar-refractivity contribution >= 4 is 29.0 Å². The molecule has 2 fully saturated rings. The minimum Gasteiger partial charge on any atom is -0.393 e. The van der Waals surface area contributed by atoms with Crippen molar-refractivity contribution in [3.63, 3.8) is 0 Å². The van der Waals surface area contributed by atoms with Crippen molar-refractivity contribution in [1.82, 2.24) is 4.90 Å². The van der Waals surface area contributed by atoms with Gasteiger partial charge in [-0.1, -0.05) is 12.2 Å². The molecule has 2 rings (SSSR count). The van der Waals surface area contributed by atoms with Gasteiger partial charge in [0.2, 0.25) is 11.8 Å². The molecular weight excluding hydrogens is 236 g/mol. The van der Waals surface area contributed by atoms with Gasteiger partial charge in [-0.2, -0.15) is 0 Å². The normalized spacial score (nSPS) is 27.6. The van der Waals surface area contributed by atoms with E-state index in [4.69, 9.17) is 18.0 Å². The summed E-state index contributed by atoms with van der Waals surface area (Å²) in [6.45, 7) is 0.535. The molecule has 2 aliphatic rings. The summed E-state index contributed by atoms with van der Waals surface area (Å²) in [6.07, 6.45) is 4.90. The van der Waals surface area contributed by atoms with Gasteiger partial charge in [0.1, 0.15) is 0 Å². The quantitative estimate of drug-likeness (QED) is 0.455. The Labute approximate surface area is 107 Å². The predicted octanol–water partition coefficient (Wildman–Crippen LogP) is 1.23. The van der Waals surface area contributed by atoms with Crippen molar-refractivity contribution in [2.24, 2.45) is 17.6 Å². The molecule has 0 aromatic heterocycles. The molecule has 1 aliphatic heterocycles. The fourth-order valence-electron chi connectivity index (χ4n) is 2.77. The first-order valence-corrected chi connectivity index (χ1v) is 6.64. The minimum atomic E-state index is 0.0408. The highest BCUT2D eigenvalue weighted by atomic mass is 32.1. The molecule has 1 saturated heterocycles. The first kappa shape index (κ1) is 12.5. The van der Waals surface area contributed by atoms with E-state index in [1.165, 1.54) is 4.90 Å². The number of rotatable bonds is 5. The number of imide groups is 1. The molecule has 2 amide bonds. The maximum atomic E-state index is 12.0. The number of fused-ring (bicyclic) bond motifs is 2. The van der Waals surface area contributed by atoms with Gasteiger partial charge in [-0.15, -0.1) is 0 Å². The smallest absolute Gasteiger partial charge is 0.232 e. The number of likely N-dealkylation sites (tertiary alicyclic amines) is 1. The highest BCUT2D eigenvalue weighted by Crippen LogP contribution is 2.38. The highest BCUT2D eigenvalue weighted by molar-refractivity contribution is 7.80. The van der Waals surface area contributed by atoms with Crippen LogP contribution in [-0.4, -0.2) is 28.2 Å². The zero-order valence-electron chi connectivity index (χ0n) is 9.85. The van der Waals surface area contributed by atoms with Crippen LogP contribution in [0.25, 0.3) is 0 Å². The van der Waals surface area contributed by atoms with Crippen LogP contribution in [0.15, 0.2) is 0 Å². The third kappa shape index (κ3) is 2.65. The van der Waals surface area contributed by atoms with Crippen LogP contribution < -0.4 is 5.73 Å². The number of nitrogens with two attached hydrogens (primary N) is 1. The van der Waals surface area contributed by atoms with Crippen LogP contribution in [0.5, 0.6) is 0 Å². The monoisotopic (exact) mass is 254 g/mol. The molecule has 2 bridgehead atoms. The zero-order valence-corrected chi connectivity index (χ0v) is 10.7. The molecule has 2 N–H and O–H groups in total. The van der Waals surface area contributed by atoms with Gasteiger partial charge in [0, 0.05) is 18.4 Å². The van der Waals surface area contributed by atoms with Crippen molar-refractivity contribution in [3.8, 4) is 0 Å². The van der Waals surface area contributed by atoms with Crippen molar-refractivity contribution in [2.75, 3.05) is 6.54 Å². The van der Waals surface area contributed by atoms with Crippen molar-refractivity contribution in [1.29, 1.82) is 0 Å². The molecule has 0 radical (unpaired) electrons. The van der Waals surface area contributed by atoms with Crippen molar-refractivity contribution in [2.45, 2.75) is 38.5 Å². The molecule has 0 aromatic carbocycles. The SMILES string of the molecule is NC(=S)CCCCN1C(=O)C2CCC(C2)C1=O. The molecule has 94 valence electrons. The van der Waals surface area contributed by atoms with Gasteiger partial charge in [0.25, 0.3) is 0 Å². The third-order valence-corrected chi connectivity index (χ3v) is 3.92. The van der Waals surface area contributed by atoms with Gasteiger partial charge >= 0.3 is 0 Å². The summed E-state index contributed by atoms with van der Waals surface area (Å²) in [4.78, 5) is 25.9. The number of nitrogens with zero attached hydrogens (tertiary/aromatic N) is 1. The molecule has 1 heterocycles. The van der Waals surface area contributed by atoms with Crippen LogP contribution in [0.2, 0.25) is 0 Å². The first-order chi connectivity index (χ1) is 8.09. The minimum absolute atomic E-state index is 0.0408. The summed E-state index contributed by atoms with van der Waals surface area (Å²) in [5.74, 6) is 0.291. The molecule has 2 unspecified atom stereocenters. The van der Waals surface area contributed by atoms with Crippen molar-refractivity contribution in [3.05, 3.63) is 0 Å². The van der Waals surface area contributed by atoms with E-state index in [9.17, 15) is 9.59 Å². The Balaban J connectivity index is 1.85. The summed E-state index contributed by atoms with van der Waals surface area (Å²) in [5.41, 5.74) is 5.40. The van der Waals surface area contributed by atoms with Crippen LogP contribution in [0.1, 0.15) is 38.5 Å². The second kappa shape index (κ2) is 5.12. The lowest BCUT2D eigenvalue weighted by Crippen LogP contribution is -2.46. The Morgan fingerprint density at radius 2 is 1.82 bits per heavy atom. The number of hydrogen-bond donors (Lipinski definition) is 1. The number of carbonyl (C=O) groups excluding carboxylic acids is 2. The topological polar surface area (TPSA) is 63.4 Å². The highest BCUT2D eigenvalue weighted by Gasteiger charge is 2.44. The predicted molar refractivity (Wildman–Crippen MR) is 68.2 cm³/mol. The van der Waals surface area contributed by atoms with Gasteiger partial charge in [0.15, 0.2) is 0 Å². The molecule has 4 nitrogen and oxygen atoms in total. The number of piperidine rings is 1. The average molecular weight is 254 g/mol. The maximum absolute atomic E-state index is 12.0. The van der Waals surface area contributed by atoms with E-state index in [1.54, 1.807) is 0 Å². The van der Waals surface area contributed by atoms with Gasteiger partial charge in [-0.05, 0) is 38.5 Å². The summed E-state index contributed by atoms with van der Waals surface area (Å²) in [5, 5.41) is 0. The summed E-state index contributed by atoms with van der Waals surface area (Å²) in [7, 11) is 0. The molecular formula is C12H18N2O2S. The lowest BCUT2D eigenvalue weighted by molar-refractivity contribution is -0.152. The Morgan fingerprint density at radius 1 is 1.24 bits per heavy atom. The number of hydrogen-bond acceptors (Lipinski definition) is 3. The summed E-state index contributed by atoms with van der Waals surface area (Å²) < 4.78 is 0. The van der Waals surface area contributed by atoms with E-state index in [2.05, 4.69) is 0 Å². The average Bonchev–Trinajstić information content (AvgIpc) is 2.72. The Kier molecular flexibility index (Phi) is 3.76.